The zero-order valence-corrected chi connectivity index (χ0v) is 20.8. The van der Waals surface area contributed by atoms with Gasteiger partial charge in [-0.05, 0) is 83.9 Å². The van der Waals surface area contributed by atoms with E-state index in [1.165, 1.54) is 36.4 Å². The molecule has 2 amide bonds. The van der Waals surface area contributed by atoms with Gasteiger partial charge in [-0.15, -0.1) is 12.8 Å². The molecule has 4 aromatic rings. The highest BCUT2D eigenvalue weighted by Gasteiger charge is 2.21. The van der Waals surface area contributed by atoms with Crippen molar-refractivity contribution in [3.63, 3.8) is 0 Å². The molecule has 40 heavy (non-hydrogen) atoms. The number of terminal acetylenes is 2. The van der Waals surface area contributed by atoms with E-state index < -0.39 is 23.8 Å². The summed E-state index contributed by atoms with van der Waals surface area (Å²) in [5.74, 6) is 0.941. The molecule has 8 nitrogen and oxygen atoms in total. The molecular weight excluding hydrogens is 508 g/mol. The molecule has 194 valence electrons. The highest BCUT2D eigenvalue weighted by molar-refractivity contribution is 6.12. The summed E-state index contributed by atoms with van der Waals surface area (Å²) in [7, 11) is 0. The van der Waals surface area contributed by atoms with E-state index in [1.54, 1.807) is 48.5 Å². The summed E-state index contributed by atoms with van der Waals surface area (Å²) < 4.78 is 0. The van der Waals surface area contributed by atoms with Crippen LogP contribution >= 0.6 is 0 Å². The predicted molar refractivity (Wildman–Crippen MR) is 150 cm³/mol. The minimum atomic E-state index is -1.35. The normalized spacial score (nSPS) is 10.1. The number of benzene rings is 4. The van der Waals surface area contributed by atoms with Gasteiger partial charge < -0.3 is 20.8 Å². The van der Waals surface area contributed by atoms with Gasteiger partial charge in [0.2, 0.25) is 0 Å². The van der Waals surface area contributed by atoms with Crippen molar-refractivity contribution in [1.82, 2.24) is 0 Å². The molecule has 8 heteroatoms. The van der Waals surface area contributed by atoms with Gasteiger partial charge in [-0.2, -0.15) is 0 Å². The molecule has 4 rings (SSSR count). The molecule has 0 bridgehead atoms. The molecule has 0 aromatic heterocycles. The lowest BCUT2D eigenvalue weighted by Crippen LogP contribution is -2.17. The fourth-order valence-electron chi connectivity index (χ4n) is 3.89. The van der Waals surface area contributed by atoms with Gasteiger partial charge in [0, 0.05) is 22.5 Å². The number of carboxylic acid groups (broad SMARTS) is 2. The van der Waals surface area contributed by atoms with E-state index in [-0.39, 0.29) is 22.3 Å². The summed E-state index contributed by atoms with van der Waals surface area (Å²) >= 11 is 0. The molecule has 0 aliphatic carbocycles. The third kappa shape index (κ3) is 5.88. The molecule has 4 aromatic carbocycles. The minimum Gasteiger partial charge on any atom is -0.478 e. The fourth-order valence-corrected chi connectivity index (χ4v) is 3.89. The summed E-state index contributed by atoms with van der Waals surface area (Å²) in [5, 5.41) is 24.8. The fraction of sp³-hybridized carbons (Fsp3) is 0. The molecule has 0 saturated heterocycles. The van der Waals surface area contributed by atoms with Crippen LogP contribution in [0.5, 0.6) is 0 Å². The number of anilines is 2. The largest absolute Gasteiger partial charge is 0.478 e. The zero-order chi connectivity index (χ0) is 28.8. The van der Waals surface area contributed by atoms with Crippen LogP contribution < -0.4 is 10.6 Å². The van der Waals surface area contributed by atoms with Gasteiger partial charge in [0.05, 0.1) is 22.3 Å². The summed E-state index contributed by atoms with van der Waals surface area (Å²) in [5.41, 5.74) is 2.01. The molecule has 0 unspecified atom stereocenters. The van der Waals surface area contributed by atoms with E-state index in [4.69, 9.17) is 12.8 Å². The van der Waals surface area contributed by atoms with Crippen LogP contribution in [0.15, 0.2) is 84.9 Å². The molecule has 0 radical (unpaired) electrons. The van der Waals surface area contributed by atoms with Crippen LogP contribution in [0.25, 0.3) is 11.1 Å². The first-order chi connectivity index (χ1) is 19.2. The van der Waals surface area contributed by atoms with Crippen molar-refractivity contribution in [1.29, 1.82) is 0 Å². The Kier molecular flexibility index (Phi) is 7.75. The number of carbonyl (C=O) groups excluding carboxylic acids is 2. The van der Waals surface area contributed by atoms with Crippen LogP contribution in [0, 0.1) is 24.7 Å². The van der Waals surface area contributed by atoms with E-state index in [0.717, 1.165) is 0 Å². The molecule has 0 atom stereocenters. The van der Waals surface area contributed by atoms with E-state index in [1.807, 2.05) is 0 Å². The van der Waals surface area contributed by atoms with E-state index in [9.17, 15) is 29.4 Å². The van der Waals surface area contributed by atoms with Crippen molar-refractivity contribution in [3.05, 3.63) is 118 Å². The minimum absolute atomic E-state index is 0.0948. The molecule has 0 heterocycles. The molecule has 0 aliphatic heterocycles. The van der Waals surface area contributed by atoms with Crippen LogP contribution in [0.1, 0.15) is 52.6 Å². The van der Waals surface area contributed by atoms with Gasteiger partial charge in [0.25, 0.3) is 11.8 Å². The summed E-state index contributed by atoms with van der Waals surface area (Å²) in [4.78, 5) is 49.7. The van der Waals surface area contributed by atoms with Gasteiger partial charge in [-0.1, -0.05) is 24.0 Å². The van der Waals surface area contributed by atoms with Crippen molar-refractivity contribution < 1.29 is 29.4 Å². The average molecular weight is 529 g/mol. The number of carboxylic acids is 2. The monoisotopic (exact) mass is 528 g/mol. The topological polar surface area (TPSA) is 133 Å². The zero-order valence-electron chi connectivity index (χ0n) is 20.8. The first-order valence-corrected chi connectivity index (χ1v) is 11.7. The Morgan fingerprint density at radius 1 is 0.525 bits per heavy atom. The van der Waals surface area contributed by atoms with Crippen LogP contribution in [0.2, 0.25) is 0 Å². The number of nitrogens with one attached hydrogen (secondary N) is 2. The predicted octanol–water partition coefficient (Wildman–Crippen LogP) is 5.22. The van der Waals surface area contributed by atoms with Crippen LogP contribution in [-0.2, 0) is 0 Å². The first kappa shape index (κ1) is 26.9. The smallest absolute Gasteiger partial charge is 0.336 e. The van der Waals surface area contributed by atoms with Gasteiger partial charge in [0.15, 0.2) is 0 Å². The Hall–Kier alpha value is -6.12. The molecule has 0 spiro atoms. The Balaban J connectivity index is 1.63. The third-order valence-electron chi connectivity index (χ3n) is 5.94. The summed E-state index contributed by atoms with van der Waals surface area (Å²) in [6.07, 6.45) is 10.7. The van der Waals surface area contributed by atoms with Crippen molar-refractivity contribution in [3.8, 4) is 35.8 Å². The second-order valence-corrected chi connectivity index (χ2v) is 8.48. The van der Waals surface area contributed by atoms with E-state index >= 15 is 0 Å². The molecule has 0 aliphatic rings. The molecule has 4 N–H and O–H groups in total. The van der Waals surface area contributed by atoms with E-state index in [0.29, 0.717) is 33.6 Å². The first-order valence-electron chi connectivity index (χ1n) is 11.7. The maximum atomic E-state index is 12.8. The maximum Gasteiger partial charge on any atom is 0.336 e. The van der Waals surface area contributed by atoms with Crippen LogP contribution in [-0.4, -0.2) is 34.0 Å². The molecular formula is C32H20N2O6. The molecule has 0 fully saturated rings. The Morgan fingerprint density at radius 2 is 0.875 bits per heavy atom. The number of carbonyl (C=O) groups is 4. The lowest BCUT2D eigenvalue weighted by Gasteiger charge is -2.12. The van der Waals surface area contributed by atoms with Crippen molar-refractivity contribution in [2.75, 3.05) is 10.6 Å². The quantitative estimate of drug-likeness (QED) is 0.243. The number of rotatable bonds is 7. The van der Waals surface area contributed by atoms with Crippen LogP contribution in [0.4, 0.5) is 11.4 Å². The number of hydrogen-bond acceptors (Lipinski definition) is 4. The highest BCUT2D eigenvalue weighted by atomic mass is 16.4. The van der Waals surface area contributed by atoms with Crippen LogP contribution in [0.3, 0.4) is 0 Å². The number of amides is 2. The summed E-state index contributed by atoms with van der Waals surface area (Å²) in [6, 6.07) is 21.1. The lowest BCUT2D eigenvalue weighted by molar-refractivity contribution is 0.0683. The van der Waals surface area contributed by atoms with Gasteiger partial charge >= 0.3 is 11.9 Å². The van der Waals surface area contributed by atoms with Gasteiger partial charge in [-0.25, -0.2) is 9.59 Å². The average Bonchev–Trinajstić information content (AvgIpc) is 2.97. The Morgan fingerprint density at radius 3 is 1.18 bits per heavy atom. The Bertz CT molecular complexity index is 1610. The van der Waals surface area contributed by atoms with Gasteiger partial charge in [0.1, 0.15) is 0 Å². The van der Waals surface area contributed by atoms with Crippen molar-refractivity contribution >= 4 is 35.1 Å². The third-order valence-corrected chi connectivity index (χ3v) is 5.94. The summed E-state index contributed by atoms with van der Waals surface area (Å²) in [6.45, 7) is 0. The van der Waals surface area contributed by atoms with E-state index in [2.05, 4.69) is 22.5 Å². The second kappa shape index (κ2) is 11.5. The molecule has 0 saturated carbocycles. The highest BCUT2D eigenvalue weighted by Crippen LogP contribution is 2.27. The maximum absolute atomic E-state index is 12.8. The number of hydrogen-bond donors (Lipinski definition) is 4. The standard InChI is InChI=1S/C32H20N2O6/c1-3-19-5-11-23(12-6-19)33-29(35)25-15-9-21(17-27(25)31(37)38)22-10-16-26(28(18-22)32(39)40)30(36)34-24-13-7-20(4-2)8-14-24/h1-2,5-18H,(H,33,35)(H,34,36)(H,37,38)(H,39,40). The SMILES string of the molecule is C#Cc1ccc(NC(=O)c2ccc(-c3ccc(C(=O)Nc4ccc(C#C)cc4)c(C(=O)O)c3)cc2C(=O)O)cc1. The Labute approximate surface area is 229 Å². The number of aromatic carboxylic acids is 2. The second-order valence-electron chi connectivity index (χ2n) is 8.48. The van der Waals surface area contributed by atoms with Gasteiger partial charge in [-0.3, -0.25) is 9.59 Å². The lowest BCUT2D eigenvalue weighted by atomic mass is 9.95. The van der Waals surface area contributed by atoms with Crippen molar-refractivity contribution in [2.24, 2.45) is 0 Å². The van der Waals surface area contributed by atoms with Crippen molar-refractivity contribution in [2.45, 2.75) is 0 Å².